The summed E-state index contributed by atoms with van der Waals surface area (Å²) < 4.78 is 1.78. The first-order valence-electron chi connectivity index (χ1n) is 5.77. The Morgan fingerprint density at radius 3 is 2.41 bits per heavy atom. The lowest BCUT2D eigenvalue weighted by molar-refractivity contribution is 0.832. The number of aryl methyl sites for hydroxylation is 1. The summed E-state index contributed by atoms with van der Waals surface area (Å²) in [5, 5.41) is 2.80. The first-order valence-corrected chi connectivity index (χ1v) is 5.77. The standard InChI is InChI=1S/C13H17N3O/c1-3-10-4-6-11(7-5-10)16-9(2)12(8-14)13(17)15-16/h4-7H,3,8,14H2,1-2H3,(H,15,17). The molecule has 0 fully saturated rings. The summed E-state index contributed by atoms with van der Waals surface area (Å²) in [5.41, 5.74) is 9.20. The van der Waals surface area contributed by atoms with Crippen LogP contribution in [0.1, 0.15) is 23.7 Å². The zero-order valence-electron chi connectivity index (χ0n) is 10.2. The number of nitrogens with two attached hydrogens (primary N) is 1. The fourth-order valence-electron chi connectivity index (χ4n) is 1.93. The number of nitrogens with zero attached hydrogens (tertiary/aromatic N) is 1. The Morgan fingerprint density at radius 1 is 1.29 bits per heavy atom. The molecule has 4 nitrogen and oxygen atoms in total. The molecule has 3 N–H and O–H groups in total. The van der Waals surface area contributed by atoms with Gasteiger partial charge in [0, 0.05) is 12.2 Å². The normalized spacial score (nSPS) is 10.8. The summed E-state index contributed by atoms with van der Waals surface area (Å²) in [5.74, 6) is 0. The van der Waals surface area contributed by atoms with E-state index in [2.05, 4.69) is 24.2 Å². The van der Waals surface area contributed by atoms with Crippen molar-refractivity contribution in [2.24, 2.45) is 5.73 Å². The van der Waals surface area contributed by atoms with E-state index >= 15 is 0 Å². The lowest BCUT2D eigenvalue weighted by Gasteiger charge is -2.06. The quantitative estimate of drug-likeness (QED) is 0.840. The maximum atomic E-state index is 11.6. The lowest BCUT2D eigenvalue weighted by Crippen LogP contribution is -2.10. The average molecular weight is 231 g/mol. The van der Waals surface area contributed by atoms with Gasteiger partial charge < -0.3 is 5.73 Å². The fraction of sp³-hybridized carbons (Fsp3) is 0.308. The minimum Gasteiger partial charge on any atom is -0.326 e. The van der Waals surface area contributed by atoms with E-state index in [0.29, 0.717) is 5.56 Å². The van der Waals surface area contributed by atoms with Crippen LogP contribution < -0.4 is 11.3 Å². The van der Waals surface area contributed by atoms with Crippen molar-refractivity contribution in [1.82, 2.24) is 9.78 Å². The van der Waals surface area contributed by atoms with Crippen molar-refractivity contribution < 1.29 is 0 Å². The van der Waals surface area contributed by atoms with Crippen molar-refractivity contribution in [2.45, 2.75) is 26.8 Å². The molecular formula is C13H17N3O. The van der Waals surface area contributed by atoms with Crippen LogP contribution in [0, 0.1) is 6.92 Å². The van der Waals surface area contributed by atoms with Crippen LogP contribution in [-0.2, 0) is 13.0 Å². The third-order valence-corrected chi connectivity index (χ3v) is 3.07. The minimum absolute atomic E-state index is 0.107. The minimum atomic E-state index is -0.107. The van der Waals surface area contributed by atoms with Crippen molar-refractivity contribution in [2.75, 3.05) is 0 Å². The molecule has 0 bridgehead atoms. The average Bonchev–Trinajstić information content (AvgIpc) is 2.64. The molecule has 0 unspecified atom stereocenters. The van der Waals surface area contributed by atoms with Crippen LogP contribution in [-0.4, -0.2) is 9.78 Å². The summed E-state index contributed by atoms with van der Waals surface area (Å²) >= 11 is 0. The van der Waals surface area contributed by atoms with Crippen LogP contribution in [0.5, 0.6) is 0 Å². The lowest BCUT2D eigenvalue weighted by atomic mass is 10.1. The molecule has 0 spiro atoms. The third-order valence-electron chi connectivity index (χ3n) is 3.07. The number of benzene rings is 1. The van der Waals surface area contributed by atoms with Gasteiger partial charge in [-0.1, -0.05) is 19.1 Å². The van der Waals surface area contributed by atoms with Crippen LogP contribution in [0.4, 0.5) is 0 Å². The van der Waals surface area contributed by atoms with Crippen molar-refractivity contribution in [3.63, 3.8) is 0 Å². The number of nitrogens with one attached hydrogen (secondary N) is 1. The molecule has 2 rings (SSSR count). The van der Waals surface area contributed by atoms with Gasteiger partial charge in [0.15, 0.2) is 0 Å². The van der Waals surface area contributed by atoms with Crippen LogP contribution >= 0.6 is 0 Å². The fourth-order valence-corrected chi connectivity index (χ4v) is 1.93. The van der Waals surface area contributed by atoms with Gasteiger partial charge in [-0.25, -0.2) is 0 Å². The molecule has 0 aliphatic carbocycles. The maximum Gasteiger partial charge on any atom is 0.269 e. The molecule has 0 saturated heterocycles. The van der Waals surface area contributed by atoms with Gasteiger partial charge in [-0.3, -0.25) is 14.6 Å². The predicted octanol–water partition coefficient (Wildman–Crippen LogP) is 1.50. The second kappa shape index (κ2) is 4.59. The van der Waals surface area contributed by atoms with Gasteiger partial charge in [-0.05, 0) is 31.0 Å². The van der Waals surface area contributed by atoms with Crippen LogP contribution in [0.2, 0.25) is 0 Å². The molecule has 1 heterocycles. The molecular weight excluding hydrogens is 214 g/mol. The summed E-state index contributed by atoms with van der Waals surface area (Å²) in [6, 6.07) is 8.13. The van der Waals surface area contributed by atoms with Gasteiger partial charge in [0.05, 0.1) is 11.3 Å². The summed E-state index contributed by atoms with van der Waals surface area (Å²) in [7, 11) is 0. The maximum absolute atomic E-state index is 11.6. The second-order valence-electron chi connectivity index (χ2n) is 4.06. The van der Waals surface area contributed by atoms with Crippen molar-refractivity contribution in [3.05, 3.63) is 51.4 Å². The van der Waals surface area contributed by atoms with E-state index in [-0.39, 0.29) is 12.1 Å². The van der Waals surface area contributed by atoms with E-state index in [1.807, 2.05) is 19.1 Å². The van der Waals surface area contributed by atoms with Gasteiger partial charge in [-0.15, -0.1) is 0 Å². The number of hydrogen-bond donors (Lipinski definition) is 2. The van der Waals surface area contributed by atoms with E-state index in [1.54, 1.807) is 4.68 Å². The Kier molecular flexibility index (Phi) is 3.15. The molecule has 1 aromatic heterocycles. The smallest absolute Gasteiger partial charge is 0.269 e. The van der Waals surface area contributed by atoms with Gasteiger partial charge in [0.1, 0.15) is 0 Å². The Morgan fingerprint density at radius 2 is 1.94 bits per heavy atom. The molecule has 0 atom stereocenters. The van der Waals surface area contributed by atoms with Crippen LogP contribution in [0.15, 0.2) is 29.1 Å². The largest absolute Gasteiger partial charge is 0.326 e. The molecule has 0 radical (unpaired) electrons. The van der Waals surface area contributed by atoms with E-state index < -0.39 is 0 Å². The highest BCUT2D eigenvalue weighted by atomic mass is 16.1. The summed E-state index contributed by atoms with van der Waals surface area (Å²) in [4.78, 5) is 11.6. The molecule has 1 aromatic carbocycles. The Bertz CT molecular complexity index is 563. The van der Waals surface area contributed by atoms with E-state index in [0.717, 1.165) is 17.8 Å². The van der Waals surface area contributed by atoms with Crippen molar-refractivity contribution >= 4 is 0 Å². The first kappa shape index (κ1) is 11.7. The third kappa shape index (κ3) is 2.03. The highest BCUT2D eigenvalue weighted by Gasteiger charge is 2.10. The van der Waals surface area contributed by atoms with Crippen LogP contribution in [0.3, 0.4) is 0 Å². The highest BCUT2D eigenvalue weighted by molar-refractivity contribution is 5.37. The van der Waals surface area contributed by atoms with Crippen LogP contribution in [0.25, 0.3) is 5.69 Å². The van der Waals surface area contributed by atoms with Crippen molar-refractivity contribution in [1.29, 1.82) is 0 Å². The van der Waals surface area contributed by atoms with Gasteiger partial charge in [0.25, 0.3) is 5.56 Å². The Balaban J connectivity index is 2.49. The van der Waals surface area contributed by atoms with Gasteiger partial charge >= 0.3 is 0 Å². The summed E-state index contributed by atoms with van der Waals surface area (Å²) in [6.45, 7) is 4.28. The molecule has 17 heavy (non-hydrogen) atoms. The second-order valence-corrected chi connectivity index (χ2v) is 4.06. The van der Waals surface area contributed by atoms with E-state index in [4.69, 9.17) is 5.73 Å². The number of H-pyrrole nitrogens is 1. The molecule has 0 aliphatic rings. The molecule has 0 amide bonds. The van der Waals surface area contributed by atoms with Gasteiger partial charge in [0.2, 0.25) is 0 Å². The molecule has 4 heteroatoms. The Labute approximate surface area is 100 Å². The number of aromatic amines is 1. The molecule has 90 valence electrons. The van der Waals surface area contributed by atoms with Crippen molar-refractivity contribution in [3.8, 4) is 5.69 Å². The number of rotatable bonds is 3. The SMILES string of the molecule is CCc1ccc(-n2[nH]c(=O)c(CN)c2C)cc1. The number of hydrogen-bond acceptors (Lipinski definition) is 2. The first-order chi connectivity index (χ1) is 8.17. The number of aromatic nitrogens is 2. The zero-order chi connectivity index (χ0) is 12.4. The topological polar surface area (TPSA) is 63.8 Å². The molecule has 0 saturated carbocycles. The molecule has 0 aliphatic heterocycles. The Hall–Kier alpha value is -1.81. The highest BCUT2D eigenvalue weighted by Crippen LogP contribution is 2.12. The monoisotopic (exact) mass is 231 g/mol. The van der Waals surface area contributed by atoms with Gasteiger partial charge in [-0.2, -0.15) is 0 Å². The molecule has 2 aromatic rings. The predicted molar refractivity (Wildman–Crippen MR) is 68.4 cm³/mol. The van der Waals surface area contributed by atoms with E-state index in [9.17, 15) is 4.79 Å². The van der Waals surface area contributed by atoms with E-state index in [1.165, 1.54) is 5.56 Å². The summed E-state index contributed by atoms with van der Waals surface area (Å²) in [6.07, 6.45) is 1.01. The zero-order valence-corrected chi connectivity index (χ0v) is 10.2.